The van der Waals surface area contributed by atoms with Crippen LogP contribution in [0.5, 0.6) is 0 Å². The fraction of sp³-hybridized carbons (Fsp3) is 0.280. The molecule has 3 rings (SSSR count). The number of hydrogen-bond acceptors (Lipinski definition) is 1. The minimum absolute atomic E-state index is 0.0906. The molecule has 3 aromatic rings. The number of aliphatic hydroxyl groups excluding tert-OH is 1. The summed E-state index contributed by atoms with van der Waals surface area (Å²) in [7, 11) is 0. The zero-order chi connectivity index (χ0) is 18.5. The maximum atomic E-state index is 9.30. The molecule has 1 heteroatoms. The average molecular weight is 344 g/mol. The van der Waals surface area contributed by atoms with Crippen LogP contribution in [-0.2, 0) is 13.0 Å². The Balaban J connectivity index is 1.88. The summed E-state index contributed by atoms with van der Waals surface area (Å²) >= 11 is 0. The van der Waals surface area contributed by atoms with Gasteiger partial charge in [0.25, 0.3) is 0 Å². The van der Waals surface area contributed by atoms with Crippen molar-refractivity contribution >= 4 is 0 Å². The van der Waals surface area contributed by atoms with Gasteiger partial charge in [0.05, 0.1) is 6.61 Å². The Bertz CT molecular complexity index is 875. The quantitative estimate of drug-likeness (QED) is 0.543. The summed E-state index contributed by atoms with van der Waals surface area (Å²) in [6, 6.07) is 21.9. The number of aryl methyl sites for hydroxylation is 3. The largest absolute Gasteiger partial charge is 0.392 e. The Hall–Kier alpha value is -2.38. The van der Waals surface area contributed by atoms with Crippen molar-refractivity contribution in [1.82, 2.24) is 0 Å². The van der Waals surface area contributed by atoms with E-state index >= 15 is 0 Å². The third kappa shape index (κ3) is 4.05. The Morgan fingerprint density at radius 3 is 1.88 bits per heavy atom. The molecule has 0 unspecified atom stereocenters. The molecule has 0 heterocycles. The lowest BCUT2D eigenvalue weighted by molar-refractivity contribution is 0.282. The van der Waals surface area contributed by atoms with Gasteiger partial charge < -0.3 is 5.11 Å². The molecule has 0 aliphatic rings. The van der Waals surface area contributed by atoms with Crippen molar-refractivity contribution in [2.75, 3.05) is 0 Å². The lowest BCUT2D eigenvalue weighted by Gasteiger charge is -2.12. The summed E-state index contributed by atoms with van der Waals surface area (Å²) in [5.74, 6) is 0. The van der Waals surface area contributed by atoms with Crippen molar-refractivity contribution in [3.63, 3.8) is 0 Å². The maximum Gasteiger partial charge on any atom is 0.0681 e. The monoisotopic (exact) mass is 344 g/mol. The molecule has 134 valence electrons. The van der Waals surface area contributed by atoms with Gasteiger partial charge in [0, 0.05) is 0 Å². The van der Waals surface area contributed by atoms with Gasteiger partial charge >= 0.3 is 0 Å². The molecule has 0 fully saturated rings. The molecule has 1 nitrogen and oxygen atoms in total. The standard InChI is InChI=1S/C25H28O/c1-4-5-6-20-7-10-22(11-8-20)24-14-12-23(16-19(24)3)25-13-9-21(17-26)15-18(25)2/h7-16,26H,4-6,17H2,1-3H3. The van der Waals surface area contributed by atoms with E-state index in [-0.39, 0.29) is 6.61 Å². The van der Waals surface area contributed by atoms with E-state index < -0.39 is 0 Å². The molecule has 1 N–H and O–H groups in total. The van der Waals surface area contributed by atoms with Gasteiger partial charge in [-0.3, -0.25) is 0 Å². The van der Waals surface area contributed by atoms with Crippen molar-refractivity contribution in [1.29, 1.82) is 0 Å². The third-order valence-corrected chi connectivity index (χ3v) is 5.09. The first kappa shape index (κ1) is 18.4. The second kappa shape index (κ2) is 8.33. The van der Waals surface area contributed by atoms with Gasteiger partial charge in [0.2, 0.25) is 0 Å². The van der Waals surface area contributed by atoms with Crippen LogP contribution in [0.25, 0.3) is 22.3 Å². The summed E-state index contributed by atoms with van der Waals surface area (Å²) in [5, 5.41) is 9.30. The highest BCUT2D eigenvalue weighted by Gasteiger charge is 2.07. The first-order valence-electron chi connectivity index (χ1n) is 9.53. The molecule has 0 aliphatic heterocycles. The van der Waals surface area contributed by atoms with Gasteiger partial charge in [0.1, 0.15) is 0 Å². The number of aliphatic hydroxyl groups is 1. The lowest BCUT2D eigenvalue weighted by atomic mass is 9.93. The highest BCUT2D eigenvalue weighted by Crippen LogP contribution is 2.30. The highest BCUT2D eigenvalue weighted by molar-refractivity contribution is 5.75. The molecule has 0 saturated heterocycles. The topological polar surface area (TPSA) is 20.2 Å². The first-order chi connectivity index (χ1) is 12.6. The zero-order valence-corrected chi connectivity index (χ0v) is 16.0. The minimum Gasteiger partial charge on any atom is -0.392 e. The molecule has 0 amide bonds. The van der Waals surface area contributed by atoms with Gasteiger partial charge in [-0.05, 0) is 71.2 Å². The summed E-state index contributed by atoms with van der Waals surface area (Å²) in [6.07, 6.45) is 3.65. The van der Waals surface area contributed by atoms with Gasteiger partial charge in [-0.2, -0.15) is 0 Å². The third-order valence-electron chi connectivity index (χ3n) is 5.09. The molecule has 0 saturated carbocycles. The van der Waals surface area contributed by atoms with Crippen LogP contribution in [0.2, 0.25) is 0 Å². The summed E-state index contributed by atoms with van der Waals surface area (Å²) in [4.78, 5) is 0. The predicted molar refractivity (Wildman–Crippen MR) is 111 cm³/mol. The fourth-order valence-corrected chi connectivity index (χ4v) is 3.53. The fourth-order valence-electron chi connectivity index (χ4n) is 3.53. The minimum atomic E-state index is 0.0906. The van der Waals surface area contributed by atoms with Gasteiger partial charge in [-0.1, -0.05) is 74.0 Å². The molecule has 0 aromatic heterocycles. The highest BCUT2D eigenvalue weighted by atomic mass is 16.3. The maximum absolute atomic E-state index is 9.30. The summed E-state index contributed by atoms with van der Waals surface area (Å²) in [6.45, 7) is 6.61. The Morgan fingerprint density at radius 1 is 0.692 bits per heavy atom. The number of hydrogen-bond donors (Lipinski definition) is 1. The lowest BCUT2D eigenvalue weighted by Crippen LogP contribution is -1.91. The Labute approximate surface area is 157 Å². The second-order valence-corrected chi connectivity index (χ2v) is 7.14. The smallest absolute Gasteiger partial charge is 0.0681 e. The summed E-state index contributed by atoms with van der Waals surface area (Å²) < 4.78 is 0. The molecule has 0 aliphatic carbocycles. The number of benzene rings is 3. The molecular weight excluding hydrogens is 316 g/mol. The number of unbranched alkanes of at least 4 members (excludes halogenated alkanes) is 1. The van der Waals surface area contributed by atoms with E-state index in [0.29, 0.717) is 0 Å². The predicted octanol–water partition coefficient (Wildman–Crippen LogP) is 6.47. The van der Waals surface area contributed by atoms with Crippen LogP contribution >= 0.6 is 0 Å². The molecule has 0 bridgehead atoms. The van der Waals surface area contributed by atoms with Gasteiger partial charge in [-0.25, -0.2) is 0 Å². The van der Waals surface area contributed by atoms with E-state index in [9.17, 15) is 5.11 Å². The van der Waals surface area contributed by atoms with Crippen LogP contribution in [0.1, 0.15) is 42.0 Å². The van der Waals surface area contributed by atoms with Crippen LogP contribution in [-0.4, -0.2) is 5.11 Å². The van der Waals surface area contributed by atoms with Crippen molar-refractivity contribution in [3.8, 4) is 22.3 Å². The van der Waals surface area contributed by atoms with E-state index in [0.717, 1.165) is 12.0 Å². The second-order valence-electron chi connectivity index (χ2n) is 7.14. The normalized spacial score (nSPS) is 10.9. The molecule has 0 atom stereocenters. The SMILES string of the molecule is CCCCc1ccc(-c2ccc(-c3ccc(CO)cc3C)cc2C)cc1. The van der Waals surface area contributed by atoms with Crippen LogP contribution in [0.15, 0.2) is 60.7 Å². The zero-order valence-electron chi connectivity index (χ0n) is 16.0. The van der Waals surface area contributed by atoms with Crippen molar-refractivity contribution < 1.29 is 5.11 Å². The number of rotatable bonds is 6. The Kier molecular flexibility index (Phi) is 5.90. The first-order valence-corrected chi connectivity index (χ1v) is 9.53. The van der Waals surface area contributed by atoms with Gasteiger partial charge in [0.15, 0.2) is 0 Å². The van der Waals surface area contributed by atoms with E-state index in [1.807, 2.05) is 6.07 Å². The van der Waals surface area contributed by atoms with Crippen LogP contribution < -0.4 is 0 Å². The van der Waals surface area contributed by atoms with Gasteiger partial charge in [-0.15, -0.1) is 0 Å². The van der Waals surface area contributed by atoms with Crippen molar-refractivity contribution in [2.45, 2.75) is 46.6 Å². The van der Waals surface area contributed by atoms with E-state index in [1.54, 1.807) is 0 Å². The Morgan fingerprint density at radius 2 is 1.27 bits per heavy atom. The van der Waals surface area contributed by atoms with E-state index in [1.165, 1.54) is 51.8 Å². The average Bonchev–Trinajstić information content (AvgIpc) is 2.66. The van der Waals surface area contributed by atoms with E-state index in [4.69, 9.17) is 0 Å². The van der Waals surface area contributed by atoms with Crippen LogP contribution in [0.4, 0.5) is 0 Å². The molecule has 26 heavy (non-hydrogen) atoms. The van der Waals surface area contributed by atoms with Crippen molar-refractivity contribution in [3.05, 3.63) is 82.9 Å². The molecule has 0 spiro atoms. The summed E-state index contributed by atoms with van der Waals surface area (Å²) in [5.41, 5.74) is 9.90. The molecule has 3 aromatic carbocycles. The van der Waals surface area contributed by atoms with Crippen molar-refractivity contribution in [2.24, 2.45) is 0 Å². The van der Waals surface area contributed by atoms with E-state index in [2.05, 4.69) is 75.4 Å². The van der Waals surface area contributed by atoms with Crippen LogP contribution in [0.3, 0.4) is 0 Å². The van der Waals surface area contributed by atoms with Crippen LogP contribution in [0, 0.1) is 13.8 Å². The molecule has 0 radical (unpaired) electrons. The molecular formula is C25H28O.